The number of thiophene rings is 1. The van der Waals surface area contributed by atoms with Gasteiger partial charge in [-0.3, -0.25) is 4.79 Å². The highest BCUT2D eigenvalue weighted by atomic mass is 32.1. The first-order chi connectivity index (χ1) is 8.08. The second kappa shape index (κ2) is 5.19. The molecule has 1 aliphatic heterocycles. The zero-order chi connectivity index (χ0) is 12.4. The average molecular weight is 252 g/mol. The van der Waals surface area contributed by atoms with Crippen molar-refractivity contribution in [2.75, 3.05) is 6.54 Å². The molecule has 0 spiro atoms. The number of carbonyl (C=O) groups is 1. The van der Waals surface area contributed by atoms with Crippen LogP contribution in [0, 0.1) is 19.8 Å². The summed E-state index contributed by atoms with van der Waals surface area (Å²) in [6.45, 7) is 7.97. The van der Waals surface area contributed by atoms with Crippen molar-refractivity contribution >= 4 is 17.2 Å². The van der Waals surface area contributed by atoms with E-state index in [0.29, 0.717) is 12.5 Å². The standard InChI is InChI=1S/C13H20N2OS/c1-8-4-5-14-12(8)13(16)15-7-11-6-9(2)10(3)17-11/h6,8,12,14H,4-5,7H2,1-3H3,(H,15,16). The Hall–Kier alpha value is -0.870. The first kappa shape index (κ1) is 12.6. The maximum atomic E-state index is 12.0. The molecular weight excluding hydrogens is 232 g/mol. The Kier molecular flexibility index (Phi) is 3.84. The minimum Gasteiger partial charge on any atom is -0.350 e. The van der Waals surface area contributed by atoms with Gasteiger partial charge in [-0.25, -0.2) is 0 Å². The molecule has 0 saturated carbocycles. The topological polar surface area (TPSA) is 41.1 Å². The number of carbonyl (C=O) groups excluding carboxylic acids is 1. The zero-order valence-electron chi connectivity index (χ0n) is 10.7. The molecule has 2 N–H and O–H groups in total. The van der Waals surface area contributed by atoms with E-state index in [-0.39, 0.29) is 11.9 Å². The van der Waals surface area contributed by atoms with Gasteiger partial charge in [0.25, 0.3) is 0 Å². The molecule has 94 valence electrons. The van der Waals surface area contributed by atoms with Gasteiger partial charge in [0, 0.05) is 9.75 Å². The molecule has 0 radical (unpaired) electrons. The van der Waals surface area contributed by atoms with E-state index in [1.807, 2.05) is 0 Å². The van der Waals surface area contributed by atoms with Crippen LogP contribution in [-0.4, -0.2) is 18.5 Å². The Bertz CT molecular complexity index is 394. The summed E-state index contributed by atoms with van der Waals surface area (Å²) < 4.78 is 0. The quantitative estimate of drug-likeness (QED) is 0.863. The molecule has 1 aromatic rings. The lowest BCUT2D eigenvalue weighted by atomic mass is 10.0. The summed E-state index contributed by atoms with van der Waals surface area (Å²) in [6.07, 6.45) is 1.09. The molecule has 2 heterocycles. The fraction of sp³-hybridized carbons (Fsp3) is 0.615. The lowest BCUT2D eigenvalue weighted by Crippen LogP contribution is -2.42. The van der Waals surface area contributed by atoms with Crippen LogP contribution in [0.2, 0.25) is 0 Å². The molecule has 0 aromatic carbocycles. The summed E-state index contributed by atoms with van der Waals surface area (Å²) >= 11 is 1.76. The summed E-state index contributed by atoms with van der Waals surface area (Å²) in [5, 5.41) is 6.27. The van der Waals surface area contributed by atoms with Crippen LogP contribution in [0.5, 0.6) is 0 Å². The molecule has 1 fully saturated rings. The van der Waals surface area contributed by atoms with Gasteiger partial charge in [0.2, 0.25) is 5.91 Å². The van der Waals surface area contributed by atoms with Crippen molar-refractivity contribution in [3.05, 3.63) is 21.4 Å². The maximum Gasteiger partial charge on any atom is 0.237 e. The van der Waals surface area contributed by atoms with Crippen LogP contribution >= 0.6 is 11.3 Å². The number of rotatable bonds is 3. The molecule has 0 aliphatic carbocycles. The highest BCUT2D eigenvalue weighted by Gasteiger charge is 2.28. The maximum absolute atomic E-state index is 12.0. The number of amides is 1. The van der Waals surface area contributed by atoms with E-state index in [9.17, 15) is 4.79 Å². The van der Waals surface area contributed by atoms with Crippen molar-refractivity contribution in [2.45, 2.75) is 39.8 Å². The van der Waals surface area contributed by atoms with E-state index in [1.54, 1.807) is 11.3 Å². The van der Waals surface area contributed by atoms with Gasteiger partial charge >= 0.3 is 0 Å². The van der Waals surface area contributed by atoms with Crippen LogP contribution in [0.25, 0.3) is 0 Å². The van der Waals surface area contributed by atoms with E-state index in [4.69, 9.17) is 0 Å². The Labute approximate surface area is 107 Å². The number of hydrogen-bond acceptors (Lipinski definition) is 3. The summed E-state index contributed by atoms with van der Waals surface area (Å²) in [7, 11) is 0. The highest BCUT2D eigenvalue weighted by Crippen LogP contribution is 2.20. The van der Waals surface area contributed by atoms with Crippen molar-refractivity contribution in [2.24, 2.45) is 5.92 Å². The molecule has 17 heavy (non-hydrogen) atoms. The van der Waals surface area contributed by atoms with Crippen molar-refractivity contribution in [3.63, 3.8) is 0 Å². The van der Waals surface area contributed by atoms with Gasteiger partial charge in [-0.15, -0.1) is 11.3 Å². The van der Waals surface area contributed by atoms with Gasteiger partial charge in [0.15, 0.2) is 0 Å². The number of hydrogen-bond donors (Lipinski definition) is 2. The van der Waals surface area contributed by atoms with Crippen LogP contribution in [0.15, 0.2) is 6.07 Å². The van der Waals surface area contributed by atoms with E-state index in [2.05, 4.69) is 37.5 Å². The van der Waals surface area contributed by atoms with Crippen LogP contribution in [-0.2, 0) is 11.3 Å². The molecule has 1 amide bonds. The molecule has 2 rings (SSSR count). The third kappa shape index (κ3) is 2.87. The van der Waals surface area contributed by atoms with Crippen LogP contribution in [0.3, 0.4) is 0 Å². The normalized spacial score (nSPS) is 23.9. The van der Waals surface area contributed by atoms with Crippen LogP contribution in [0.1, 0.15) is 28.7 Å². The van der Waals surface area contributed by atoms with Crippen molar-refractivity contribution < 1.29 is 4.79 Å². The first-order valence-electron chi connectivity index (χ1n) is 6.15. The van der Waals surface area contributed by atoms with Gasteiger partial charge in [0.1, 0.15) is 0 Å². The van der Waals surface area contributed by atoms with Gasteiger partial charge < -0.3 is 10.6 Å². The van der Waals surface area contributed by atoms with Crippen LogP contribution in [0.4, 0.5) is 0 Å². The van der Waals surface area contributed by atoms with Gasteiger partial charge in [0.05, 0.1) is 12.6 Å². The lowest BCUT2D eigenvalue weighted by Gasteiger charge is -2.14. The predicted molar refractivity (Wildman–Crippen MR) is 71.2 cm³/mol. The highest BCUT2D eigenvalue weighted by molar-refractivity contribution is 7.12. The number of nitrogens with one attached hydrogen (secondary N) is 2. The average Bonchev–Trinajstić information content (AvgIpc) is 2.83. The molecule has 2 atom stereocenters. The van der Waals surface area contributed by atoms with E-state index in [1.165, 1.54) is 15.3 Å². The lowest BCUT2D eigenvalue weighted by molar-refractivity contribution is -0.123. The fourth-order valence-corrected chi connectivity index (χ4v) is 3.20. The summed E-state index contributed by atoms with van der Waals surface area (Å²) in [5.41, 5.74) is 1.31. The van der Waals surface area contributed by atoms with Gasteiger partial charge in [-0.2, -0.15) is 0 Å². The fourth-order valence-electron chi connectivity index (χ4n) is 2.21. The Morgan fingerprint density at radius 1 is 1.59 bits per heavy atom. The Morgan fingerprint density at radius 3 is 2.88 bits per heavy atom. The molecule has 1 aliphatic rings. The molecule has 2 unspecified atom stereocenters. The Balaban J connectivity index is 1.87. The second-order valence-corrected chi connectivity index (χ2v) is 6.21. The molecule has 4 heteroatoms. The van der Waals surface area contributed by atoms with Crippen molar-refractivity contribution in [1.82, 2.24) is 10.6 Å². The van der Waals surface area contributed by atoms with Crippen molar-refractivity contribution in [1.29, 1.82) is 0 Å². The largest absolute Gasteiger partial charge is 0.350 e. The minimum atomic E-state index is -0.00263. The Morgan fingerprint density at radius 2 is 2.35 bits per heavy atom. The molecule has 1 aromatic heterocycles. The van der Waals surface area contributed by atoms with E-state index in [0.717, 1.165) is 13.0 Å². The SMILES string of the molecule is Cc1cc(CNC(=O)C2NCCC2C)sc1C. The van der Waals surface area contributed by atoms with E-state index >= 15 is 0 Å². The van der Waals surface area contributed by atoms with Crippen molar-refractivity contribution in [3.8, 4) is 0 Å². The smallest absolute Gasteiger partial charge is 0.237 e. The summed E-state index contributed by atoms with van der Waals surface area (Å²) in [4.78, 5) is 14.5. The number of aryl methyl sites for hydroxylation is 2. The monoisotopic (exact) mass is 252 g/mol. The van der Waals surface area contributed by atoms with Gasteiger partial charge in [-0.05, 0) is 44.4 Å². The molecule has 3 nitrogen and oxygen atoms in total. The van der Waals surface area contributed by atoms with E-state index < -0.39 is 0 Å². The minimum absolute atomic E-state index is 0.00263. The molecular formula is C13H20N2OS. The third-order valence-electron chi connectivity index (χ3n) is 3.47. The summed E-state index contributed by atoms with van der Waals surface area (Å²) in [5.74, 6) is 0.584. The molecule has 1 saturated heterocycles. The first-order valence-corrected chi connectivity index (χ1v) is 6.96. The predicted octanol–water partition coefficient (Wildman–Crippen LogP) is 1.98. The van der Waals surface area contributed by atoms with Crippen LogP contribution < -0.4 is 10.6 Å². The van der Waals surface area contributed by atoms with Gasteiger partial charge in [-0.1, -0.05) is 6.92 Å². The zero-order valence-corrected chi connectivity index (χ0v) is 11.5. The molecule has 0 bridgehead atoms. The summed E-state index contributed by atoms with van der Waals surface area (Å²) in [6, 6.07) is 2.16. The second-order valence-electron chi connectivity index (χ2n) is 4.87. The third-order valence-corrected chi connectivity index (χ3v) is 4.62.